The highest BCUT2D eigenvalue weighted by Gasteiger charge is 2.16. The summed E-state index contributed by atoms with van der Waals surface area (Å²) in [6.07, 6.45) is -0.140. The van der Waals surface area contributed by atoms with Gasteiger partial charge in [-0.1, -0.05) is 0 Å². The molecule has 6 heteroatoms. The van der Waals surface area contributed by atoms with E-state index in [-0.39, 0.29) is 6.42 Å². The zero-order chi connectivity index (χ0) is 13.7. The third-order valence-electron chi connectivity index (χ3n) is 2.34. The molecule has 0 fully saturated rings. The molecule has 1 aromatic rings. The number of methoxy groups -OCH3 is 1. The Hall–Kier alpha value is -2.11. The number of carboxylic acid groups (broad SMARTS) is 1. The zero-order valence-electron chi connectivity index (χ0n) is 10.1. The van der Waals surface area contributed by atoms with Gasteiger partial charge in [0.05, 0.1) is 13.5 Å². The lowest BCUT2D eigenvalue weighted by atomic mass is 10.1. The third kappa shape index (κ3) is 3.73. The Bertz CT molecular complexity index is 461. The van der Waals surface area contributed by atoms with Gasteiger partial charge in [0.1, 0.15) is 17.6 Å². The molecule has 0 aromatic heterocycles. The van der Waals surface area contributed by atoms with Gasteiger partial charge in [-0.25, -0.2) is 4.39 Å². The van der Waals surface area contributed by atoms with Crippen LogP contribution in [0.5, 0.6) is 5.75 Å². The minimum absolute atomic E-state index is 0.140. The Morgan fingerprint density at radius 3 is 2.72 bits per heavy atom. The van der Waals surface area contributed by atoms with Gasteiger partial charge < -0.3 is 15.2 Å². The molecule has 0 saturated heterocycles. The zero-order valence-corrected chi connectivity index (χ0v) is 10.1. The number of carboxylic acids is 1. The molecule has 18 heavy (non-hydrogen) atoms. The van der Waals surface area contributed by atoms with Crippen molar-refractivity contribution in [1.82, 2.24) is 5.32 Å². The average molecular weight is 255 g/mol. The minimum atomic E-state index is -1.13. The summed E-state index contributed by atoms with van der Waals surface area (Å²) in [5.41, 5.74) is 0.368. The summed E-state index contributed by atoms with van der Waals surface area (Å²) in [5, 5.41) is 10.9. The number of hydrogen-bond acceptors (Lipinski definition) is 3. The van der Waals surface area contributed by atoms with Crippen LogP contribution in [0.3, 0.4) is 0 Å². The fourth-order valence-electron chi connectivity index (χ4n) is 1.41. The van der Waals surface area contributed by atoms with E-state index in [1.54, 1.807) is 0 Å². The summed E-state index contributed by atoms with van der Waals surface area (Å²) >= 11 is 0. The lowest BCUT2D eigenvalue weighted by Gasteiger charge is -2.11. The van der Waals surface area contributed by atoms with Crippen molar-refractivity contribution in [3.8, 4) is 5.75 Å². The molecule has 0 radical (unpaired) electrons. The van der Waals surface area contributed by atoms with Crippen molar-refractivity contribution in [3.63, 3.8) is 0 Å². The van der Waals surface area contributed by atoms with Crippen LogP contribution in [0.4, 0.5) is 4.39 Å². The molecule has 0 saturated carbocycles. The second-order valence-corrected chi connectivity index (χ2v) is 3.76. The van der Waals surface area contributed by atoms with E-state index in [1.807, 2.05) is 0 Å². The lowest BCUT2D eigenvalue weighted by Crippen LogP contribution is -2.39. The van der Waals surface area contributed by atoms with Crippen molar-refractivity contribution in [2.24, 2.45) is 0 Å². The molecule has 1 rings (SSSR count). The predicted octanol–water partition coefficient (Wildman–Crippen LogP) is 0.966. The van der Waals surface area contributed by atoms with Crippen LogP contribution in [0.2, 0.25) is 0 Å². The molecule has 0 bridgehead atoms. The number of ether oxygens (including phenoxy) is 1. The van der Waals surface area contributed by atoms with E-state index in [0.717, 1.165) is 0 Å². The van der Waals surface area contributed by atoms with Crippen LogP contribution in [0, 0.1) is 5.82 Å². The van der Waals surface area contributed by atoms with Gasteiger partial charge in [0.15, 0.2) is 0 Å². The Balaban J connectivity index is 2.75. The molecule has 1 aromatic carbocycles. The lowest BCUT2D eigenvalue weighted by molar-refractivity contribution is -0.141. The number of carbonyl (C=O) groups excluding carboxylic acids is 1. The van der Waals surface area contributed by atoms with Crippen molar-refractivity contribution in [2.75, 3.05) is 7.11 Å². The van der Waals surface area contributed by atoms with Crippen LogP contribution in [0.25, 0.3) is 0 Å². The van der Waals surface area contributed by atoms with Crippen molar-refractivity contribution < 1.29 is 23.8 Å². The topological polar surface area (TPSA) is 75.6 Å². The van der Waals surface area contributed by atoms with Crippen molar-refractivity contribution in [2.45, 2.75) is 19.4 Å². The molecule has 0 unspecified atom stereocenters. The van der Waals surface area contributed by atoms with E-state index >= 15 is 0 Å². The molecular weight excluding hydrogens is 241 g/mol. The predicted molar refractivity (Wildman–Crippen MR) is 61.9 cm³/mol. The Labute approximate surface area is 104 Å². The van der Waals surface area contributed by atoms with E-state index in [2.05, 4.69) is 5.32 Å². The van der Waals surface area contributed by atoms with Gasteiger partial charge >= 0.3 is 5.97 Å². The summed E-state index contributed by atoms with van der Waals surface area (Å²) in [7, 11) is 1.41. The molecule has 0 heterocycles. The first kappa shape index (κ1) is 14.0. The third-order valence-corrected chi connectivity index (χ3v) is 2.34. The van der Waals surface area contributed by atoms with E-state index in [4.69, 9.17) is 9.84 Å². The van der Waals surface area contributed by atoms with Gasteiger partial charge in [0.25, 0.3) is 0 Å². The summed E-state index contributed by atoms with van der Waals surface area (Å²) in [6.45, 7) is 1.35. The Morgan fingerprint density at radius 1 is 1.50 bits per heavy atom. The van der Waals surface area contributed by atoms with E-state index in [0.29, 0.717) is 11.3 Å². The van der Waals surface area contributed by atoms with Gasteiger partial charge in [-0.3, -0.25) is 9.59 Å². The number of aliphatic carboxylic acids is 1. The quantitative estimate of drug-likeness (QED) is 0.822. The highest BCUT2D eigenvalue weighted by atomic mass is 19.1. The summed E-state index contributed by atoms with van der Waals surface area (Å²) in [4.78, 5) is 22.1. The van der Waals surface area contributed by atoms with Crippen molar-refractivity contribution in [1.29, 1.82) is 0 Å². The maximum absolute atomic E-state index is 13.0. The Kier molecular flexibility index (Phi) is 4.65. The SMILES string of the molecule is COc1ccc(F)cc1CC(=O)N[C@H](C)C(=O)O. The summed E-state index contributed by atoms with van der Waals surface area (Å²) in [5.74, 6) is -1.73. The Morgan fingerprint density at radius 2 is 2.17 bits per heavy atom. The highest BCUT2D eigenvalue weighted by Crippen LogP contribution is 2.19. The smallest absolute Gasteiger partial charge is 0.325 e. The second-order valence-electron chi connectivity index (χ2n) is 3.76. The van der Waals surface area contributed by atoms with Crippen molar-refractivity contribution >= 4 is 11.9 Å². The highest BCUT2D eigenvalue weighted by molar-refractivity contribution is 5.84. The van der Waals surface area contributed by atoms with E-state index < -0.39 is 23.7 Å². The van der Waals surface area contributed by atoms with Crippen LogP contribution in [0.15, 0.2) is 18.2 Å². The number of rotatable bonds is 5. The second kappa shape index (κ2) is 6.00. The average Bonchev–Trinajstić information content (AvgIpc) is 2.28. The van der Waals surface area contributed by atoms with Crippen LogP contribution in [-0.4, -0.2) is 30.1 Å². The van der Waals surface area contributed by atoms with Gasteiger partial charge in [0.2, 0.25) is 5.91 Å². The van der Waals surface area contributed by atoms with E-state index in [1.165, 1.54) is 32.2 Å². The molecule has 5 nitrogen and oxygen atoms in total. The first-order valence-corrected chi connectivity index (χ1v) is 5.28. The standard InChI is InChI=1S/C12H14FNO4/c1-7(12(16)17)14-11(15)6-8-5-9(13)3-4-10(8)18-2/h3-5,7H,6H2,1-2H3,(H,14,15)(H,16,17)/t7-/m1/s1. The number of benzene rings is 1. The van der Waals surface area contributed by atoms with Crippen LogP contribution < -0.4 is 10.1 Å². The molecule has 2 N–H and O–H groups in total. The normalized spacial score (nSPS) is 11.7. The van der Waals surface area contributed by atoms with Crippen LogP contribution in [0.1, 0.15) is 12.5 Å². The van der Waals surface area contributed by atoms with Gasteiger partial charge in [-0.05, 0) is 25.1 Å². The number of amides is 1. The van der Waals surface area contributed by atoms with Crippen molar-refractivity contribution in [3.05, 3.63) is 29.6 Å². The molecule has 98 valence electrons. The summed E-state index contributed by atoms with van der Waals surface area (Å²) in [6, 6.07) is 2.83. The van der Waals surface area contributed by atoms with E-state index in [9.17, 15) is 14.0 Å². The van der Waals surface area contributed by atoms with Gasteiger partial charge in [0, 0.05) is 5.56 Å². The van der Waals surface area contributed by atoms with Crippen LogP contribution in [-0.2, 0) is 16.0 Å². The first-order chi connectivity index (χ1) is 8.43. The number of nitrogens with one attached hydrogen (secondary N) is 1. The maximum atomic E-state index is 13.0. The minimum Gasteiger partial charge on any atom is -0.496 e. The molecule has 0 aliphatic heterocycles. The molecule has 0 spiro atoms. The molecule has 1 amide bonds. The molecule has 0 aliphatic rings. The largest absolute Gasteiger partial charge is 0.496 e. The molecular formula is C12H14FNO4. The fraction of sp³-hybridized carbons (Fsp3) is 0.333. The van der Waals surface area contributed by atoms with Gasteiger partial charge in [-0.2, -0.15) is 0 Å². The molecule has 0 aliphatic carbocycles. The monoisotopic (exact) mass is 255 g/mol. The molecule has 1 atom stereocenters. The first-order valence-electron chi connectivity index (χ1n) is 5.28. The fourth-order valence-corrected chi connectivity index (χ4v) is 1.41. The number of halogens is 1. The number of hydrogen-bond donors (Lipinski definition) is 2. The summed E-state index contributed by atoms with van der Waals surface area (Å²) < 4.78 is 18.0. The number of carbonyl (C=O) groups is 2. The van der Waals surface area contributed by atoms with Gasteiger partial charge in [-0.15, -0.1) is 0 Å². The maximum Gasteiger partial charge on any atom is 0.325 e. The van der Waals surface area contributed by atoms with Crippen LogP contribution >= 0.6 is 0 Å².